The summed E-state index contributed by atoms with van der Waals surface area (Å²) in [7, 11) is -7.78. The highest BCUT2D eigenvalue weighted by atomic mass is 28.3. The van der Waals surface area contributed by atoms with Crippen LogP contribution in [0.15, 0.2) is 37.2 Å². The molecular weight excluding hydrogens is 853 g/mol. The Kier molecular flexibility index (Phi) is 19.7. The fraction of sp³-hybridized carbons (Fsp3) is 0.667. The highest BCUT2D eigenvalue weighted by Crippen LogP contribution is 2.10. The van der Waals surface area contributed by atoms with E-state index in [9.17, 15) is 0 Å². The van der Waals surface area contributed by atoms with E-state index >= 15 is 0 Å². The average molecular weight is 932 g/mol. The van der Waals surface area contributed by atoms with Crippen LogP contribution < -0.4 is 0 Å². The Morgan fingerprint density at radius 3 is 1.08 bits per heavy atom. The van der Waals surface area contributed by atoms with E-state index in [2.05, 4.69) is 191 Å². The number of nitrogens with zero attached hydrogens (tertiary/aromatic N) is 18. The van der Waals surface area contributed by atoms with Crippen molar-refractivity contribution in [3.8, 4) is 0 Å². The third kappa shape index (κ3) is 19.2. The summed E-state index contributed by atoms with van der Waals surface area (Å²) in [6, 6.07) is 0. The van der Waals surface area contributed by atoms with Gasteiger partial charge in [0, 0.05) is 18.1 Å². The molecule has 0 saturated heterocycles. The second-order valence-electron chi connectivity index (χ2n) is 20.6. The van der Waals surface area contributed by atoms with Crippen molar-refractivity contribution in [2.45, 2.75) is 159 Å². The molecule has 0 aromatic carbocycles. The molecule has 0 bridgehead atoms. The van der Waals surface area contributed by atoms with E-state index in [1.165, 1.54) is 5.69 Å². The number of aromatic nitrogens is 18. The lowest BCUT2D eigenvalue weighted by Crippen LogP contribution is -2.34. The third-order valence-electron chi connectivity index (χ3n) is 8.00. The van der Waals surface area contributed by atoms with Crippen molar-refractivity contribution < 1.29 is 0 Å². The zero-order valence-electron chi connectivity index (χ0n) is 41.5. The molecule has 0 spiro atoms. The van der Waals surface area contributed by atoms with Gasteiger partial charge in [-0.25, -0.2) is 13.4 Å². The highest BCUT2D eigenvalue weighted by molar-refractivity contribution is 6.75. The maximum Gasteiger partial charge on any atom is 0.202 e. The van der Waals surface area contributed by atoms with Gasteiger partial charge in [-0.05, 0) is 159 Å². The van der Waals surface area contributed by atoms with Gasteiger partial charge in [-0.1, -0.05) is 15.6 Å². The van der Waals surface area contributed by atoms with Gasteiger partial charge in [0.25, 0.3) is 0 Å². The lowest BCUT2D eigenvalue weighted by Gasteiger charge is -2.17. The van der Waals surface area contributed by atoms with E-state index < -0.39 is 49.4 Å². The van der Waals surface area contributed by atoms with Gasteiger partial charge in [-0.15, -0.1) is 15.3 Å². The SMILES string of the molecule is C[Si](C)(C)n1ccnn1.C[Si](C)(C)n1nccn1.Cc1cn([Si](C)(C)C)nn1.Cc1cnn([Si](C)(C)C)n1.Cc1nn([Si](C)(C)C)nc1C.Cc1nnn([Si](C)(C)C)c1C. The molecule has 18 nitrogen and oxygen atoms in total. The quantitative estimate of drug-likeness (QED) is 0.149. The van der Waals surface area contributed by atoms with E-state index in [-0.39, 0.29) is 0 Å². The predicted octanol–water partition coefficient (Wildman–Crippen LogP) is 7.62. The molecule has 6 rings (SSSR count). The van der Waals surface area contributed by atoms with E-state index in [0.29, 0.717) is 0 Å². The number of rotatable bonds is 6. The topological polar surface area (TPSA) is 184 Å². The molecule has 0 aliphatic rings. The van der Waals surface area contributed by atoms with Crippen LogP contribution in [0, 0.1) is 41.5 Å². The second kappa shape index (κ2) is 21.8. The van der Waals surface area contributed by atoms with Crippen molar-refractivity contribution in [3.63, 3.8) is 0 Å². The molecule has 60 heavy (non-hydrogen) atoms. The van der Waals surface area contributed by atoms with Crippen LogP contribution in [0.1, 0.15) is 34.2 Å². The maximum atomic E-state index is 4.35. The van der Waals surface area contributed by atoms with Gasteiger partial charge in [0.2, 0.25) is 24.7 Å². The summed E-state index contributed by atoms with van der Waals surface area (Å²) in [5, 5.41) is 49.0. The van der Waals surface area contributed by atoms with Crippen LogP contribution in [0.25, 0.3) is 0 Å². The van der Waals surface area contributed by atoms with Gasteiger partial charge in [-0.3, -0.25) is 13.0 Å². The Balaban J connectivity index is 0.000000361. The normalized spacial score (nSPS) is 12.0. The first-order chi connectivity index (χ1) is 27.0. The molecule has 6 aromatic rings. The van der Waals surface area contributed by atoms with E-state index in [1.54, 1.807) is 24.8 Å². The first-order valence-electron chi connectivity index (χ1n) is 20.4. The molecule has 0 saturated carbocycles. The van der Waals surface area contributed by atoms with Crippen molar-refractivity contribution >= 4 is 49.4 Å². The average Bonchev–Trinajstić information content (AvgIpc) is 3.91. The fourth-order valence-electron chi connectivity index (χ4n) is 4.26. The van der Waals surface area contributed by atoms with Gasteiger partial charge >= 0.3 is 0 Å². The van der Waals surface area contributed by atoms with E-state index in [4.69, 9.17) is 0 Å². The minimum atomic E-state index is -1.35. The lowest BCUT2D eigenvalue weighted by atomic mass is 10.4. The van der Waals surface area contributed by atoms with Crippen LogP contribution in [-0.4, -0.2) is 137 Å². The molecule has 0 N–H and O–H groups in total. The zero-order valence-corrected chi connectivity index (χ0v) is 47.5. The Labute approximate surface area is 366 Å². The van der Waals surface area contributed by atoms with Gasteiger partial charge in [0.05, 0.1) is 53.3 Å². The van der Waals surface area contributed by atoms with Crippen molar-refractivity contribution in [3.05, 3.63) is 71.3 Å². The molecule has 0 fully saturated rings. The number of hydrogen-bond donors (Lipinski definition) is 0. The first-order valence-corrected chi connectivity index (χ1v) is 41.1. The molecule has 6 aromatic heterocycles. The smallest absolute Gasteiger partial charge is 0.202 e. The zero-order chi connectivity index (χ0) is 46.7. The van der Waals surface area contributed by atoms with Crippen LogP contribution in [0.4, 0.5) is 0 Å². The molecule has 336 valence electrons. The van der Waals surface area contributed by atoms with Crippen molar-refractivity contribution in [2.24, 2.45) is 0 Å². The lowest BCUT2D eigenvalue weighted by molar-refractivity contribution is 0.787. The molecular formula is C36H78N18Si6. The molecule has 6 heterocycles. The minimum Gasteiger partial charge on any atom is -0.282 e. The van der Waals surface area contributed by atoms with Gasteiger partial charge in [0.1, 0.15) is 0 Å². The molecule has 0 amide bonds. The Morgan fingerprint density at radius 2 is 0.883 bits per heavy atom. The highest BCUT2D eigenvalue weighted by Gasteiger charge is 2.22. The van der Waals surface area contributed by atoms with Gasteiger partial charge in [-0.2, -0.15) is 30.6 Å². The van der Waals surface area contributed by atoms with Crippen LogP contribution in [0.2, 0.25) is 118 Å². The fourth-order valence-corrected chi connectivity index (χ4v) is 10.0. The van der Waals surface area contributed by atoms with Crippen LogP contribution in [0.3, 0.4) is 0 Å². The summed E-state index contributed by atoms with van der Waals surface area (Å²) in [6.45, 7) is 52.1. The van der Waals surface area contributed by atoms with E-state index in [1.807, 2.05) is 69.1 Å². The predicted molar refractivity (Wildman–Crippen MR) is 261 cm³/mol. The molecule has 0 aliphatic heterocycles. The Morgan fingerprint density at radius 1 is 0.400 bits per heavy atom. The van der Waals surface area contributed by atoms with Gasteiger partial charge in [0.15, 0.2) is 24.7 Å². The standard InChI is InChI=1S/2C7H15N3Si.2C6H13N3Si.2C5H11N3Si/c1-6-7(2)10(9-8-6)11(3,4)5;1-6-7(2)9-10(8-6)11(3,4)5;1-6-5-9(8-7-6)10(2,3)4;1-6-5-7-9(8-6)10(2,3)4;1-9(2,3)8-5-4-6-7-8;1-9(2,3)8-6-4-5-7-8/h2*1-5H3;2*5H,1-4H3;2*4-5H,1-3H3. The summed E-state index contributed by atoms with van der Waals surface area (Å²) >= 11 is 0. The maximum absolute atomic E-state index is 4.35. The summed E-state index contributed by atoms with van der Waals surface area (Å²) < 4.78 is 11.6. The van der Waals surface area contributed by atoms with Crippen molar-refractivity contribution in [2.75, 3.05) is 0 Å². The first kappa shape index (κ1) is 54.2. The number of aryl methyl sites for hydroxylation is 5. The summed E-state index contributed by atoms with van der Waals surface area (Å²) in [6.07, 6.45) is 10.9. The summed E-state index contributed by atoms with van der Waals surface area (Å²) in [4.78, 5) is 0. The van der Waals surface area contributed by atoms with Crippen LogP contribution in [-0.2, 0) is 0 Å². The van der Waals surface area contributed by atoms with Gasteiger partial charge < -0.3 is 0 Å². The Hall–Kier alpha value is -3.86. The summed E-state index contributed by atoms with van der Waals surface area (Å²) in [5.41, 5.74) is 6.36. The third-order valence-corrected chi connectivity index (χ3v) is 17.2. The van der Waals surface area contributed by atoms with Crippen molar-refractivity contribution in [1.82, 2.24) is 88.0 Å². The number of hydrogen-bond acceptors (Lipinski definition) is 12. The molecule has 0 radical (unpaired) electrons. The van der Waals surface area contributed by atoms with Crippen molar-refractivity contribution in [1.29, 1.82) is 0 Å². The molecule has 0 aliphatic carbocycles. The van der Waals surface area contributed by atoms with Crippen LogP contribution >= 0.6 is 0 Å². The largest absolute Gasteiger partial charge is 0.282 e. The minimum absolute atomic E-state index is 1.00. The molecule has 0 unspecified atom stereocenters. The molecule has 24 heteroatoms. The second-order valence-corrected chi connectivity index (χ2v) is 49.2. The van der Waals surface area contributed by atoms with E-state index in [0.717, 1.165) is 28.5 Å². The summed E-state index contributed by atoms with van der Waals surface area (Å²) in [5.74, 6) is 0. The van der Waals surface area contributed by atoms with Crippen LogP contribution in [0.5, 0.6) is 0 Å². The molecule has 0 atom stereocenters. The Bertz CT molecular complexity index is 1980. The monoisotopic (exact) mass is 931 g/mol.